The Balaban J connectivity index is 0.000000385. The van der Waals surface area contributed by atoms with Gasteiger partial charge in [0.25, 0.3) is 0 Å². The molecule has 4 nitrogen and oxygen atoms in total. The summed E-state index contributed by atoms with van der Waals surface area (Å²) in [6.07, 6.45) is 15.3. The number of nitrogens with zero attached hydrogens (tertiary/aromatic N) is 2. The number of nitrogens with one attached hydrogen (secondary N) is 1. The van der Waals surface area contributed by atoms with Crippen molar-refractivity contribution in [3.8, 4) is 6.07 Å². The van der Waals surface area contributed by atoms with E-state index < -0.39 is 0 Å². The predicted molar refractivity (Wildman–Crippen MR) is 148 cm³/mol. The molecular formula is C30H50N4. The van der Waals surface area contributed by atoms with Gasteiger partial charge in [0, 0.05) is 32.4 Å². The molecule has 190 valence electrons. The maximum absolute atomic E-state index is 9.43. The van der Waals surface area contributed by atoms with E-state index in [0.29, 0.717) is 5.92 Å². The predicted octanol–water partition coefficient (Wildman–Crippen LogP) is 6.66. The minimum absolute atomic E-state index is 0.479. The van der Waals surface area contributed by atoms with Crippen LogP contribution in [0, 0.1) is 23.2 Å². The number of allylic oxidation sites excluding steroid dienone is 6. The van der Waals surface area contributed by atoms with E-state index in [1.807, 2.05) is 20.0 Å². The Morgan fingerprint density at radius 1 is 1.24 bits per heavy atom. The monoisotopic (exact) mass is 466 g/mol. The summed E-state index contributed by atoms with van der Waals surface area (Å²) in [5.41, 5.74) is 12.7. The highest BCUT2D eigenvalue weighted by Crippen LogP contribution is 2.29. The third-order valence-corrected chi connectivity index (χ3v) is 7.29. The average Bonchev–Trinajstić information content (AvgIpc) is 2.84. The molecule has 0 aromatic rings. The number of nitrogens with two attached hydrogens (primary N) is 1. The van der Waals surface area contributed by atoms with Crippen LogP contribution < -0.4 is 11.1 Å². The molecule has 3 N–H and O–H groups in total. The van der Waals surface area contributed by atoms with Crippen molar-refractivity contribution >= 4 is 0 Å². The van der Waals surface area contributed by atoms with Gasteiger partial charge in [-0.1, -0.05) is 61.1 Å². The lowest BCUT2D eigenvalue weighted by molar-refractivity contribution is 0.208. The molecule has 0 spiro atoms. The summed E-state index contributed by atoms with van der Waals surface area (Å²) < 4.78 is 0. The van der Waals surface area contributed by atoms with Gasteiger partial charge in [-0.15, -0.1) is 6.58 Å². The number of rotatable bonds is 9. The first-order chi connectivity index (χ1) is 16.3. The van der Waals surface area contributed by atoms with Crippen LogP contribution >= 0.6 is 0 Å². The first-order valence-electron chi connectivity index (χ1n) is 13.1. The molecule has 1 aliphatic heterocycles. The highest BCUT2D eigenvalue weighted by atomic mass is 15.1. The molecule has 0 amide bonds. The molecule has 1 heterocycles. The van der Waals surface area contributed by atoms with Crippen LogP contribution in [0.25, 0.3) is 0 Å². The summed E-state index contributed by atoms with van der Waals surface area (Å²) in [4.78, 5) is 2.60. The maximum Gasteiger partial charge on any atom is 0.101 e. The molecule has 0 aromatic heterocycles. The van der Waals surface area contributed by atoms with Crippen molar-refractivity contribution < 1.29 is 0 Å². The zero-order valence-corrected chi connectivity index (χ0v) is 22.8. The largest absolute Gasteiger partial charge is 0.391 e. The molecule has 1 aliphatic carbocycles. The molecule has 2 rings (SSSR count). The lowest BCUT2D eigenvalue weighted by atomic mass is 9.87. The summed E-state index contributed by atoms with van der Waals surface area (Å²) in [6.45, 7) is 18.4. The lowest BCUT2D eigenvalue weighted by Crippen LogP contribution is -2.36. The third kappa shape index (κ3) is 10.5. The molecule has 1 unspecified atom stereocenters. The minimum atomic E-state index is 0.479. The van der Waals surface area contributed by atoms with E-state index in [2.05, 4.69) is 62.7 Å². The highest BCUT2D eigenvalue weighted by molar-refractivity contribution is 5.48. The van der Waals surface area contributed by atoms with Gasteiger partial charge >= 0.3 is 0 Å². The molecule has 0 saturated heterocycles. The lowest BCUT2D eigenvalue weighted by Gasteiger charge is -2.34. The Labute approximate surface area is 210 Å². The number of nitriles is 1. The fourth-order valence-electron chi connectivity index (χ4n) is 4.64. The topological polar surface area (TPSA) is 65.1 Å². The molecule has 1 saturated carbocycles. The van der Waals surface area contributed by atoms with Crippen molar-refractivity contribution in [1.29, 1.82) is 5.26 Å². The van der Waals surface area contributed by atoms with Crippen molar-refractivity contribution in [3.63, 3.8) is 0 Å². The number of hydrogen-bond donors (Lipinski definition) is 2. The second-order valence-corrected chi connectivity index (χ2v) is 10.2. The number of hydrogen-bond acceptors (Lipinski definition) is 4. The van der Waals surface area contributed by atoms with Crippen LogP contribution in [-0.4, -0.2) is 38.1 Å². The Hall–Kier alpha value is -2.09. The van der Waals surface area contributed by atoms with E-state index in [9.17, 15) is 5.26 Å². The van der Waals surface area contributed by atoms with Crippen LogP contribution in [0.4, 0.5) is 0 Å². The SMILES string of the molecule is C=CC/C(C)=C/C=C(\C)C(C)CN.CN/C(C)=C(\C#N)C1=C(C)CN(CC2CCCCC2)CC1. The summed E-state index contributed by atoms with van der Waals surface area (Å²) in [7, 11) is 1.89. The second-order valence-electron chi connectivity index (χ2n) is 10.2. The van der Waals surface area contributed by atoms with Gasteiger partial charge in [-0.25, -0.2) is 0 Å². The van der Waals surface area contributed by atoms with Crippen LogP contribution in [0.1, 0.15) is 79.6 Å². The standard InChI is InChI=1S/C18H29N3.C12H21N/c1-14-12-21(13-16-7-5-4-6-8-16)10-9-17(14)18(11-19)15(2)20-3;1-5-6-10(2)7-8-11(3)12(4)9-13/h16,20H,4-10,12-13H2,1-3H3;5,7-8,12H,1,6,9,13H2,2-4H3/b18-15+;10-7+,11-8+. The van der Waals surface area contributed by atoms with Crippen LogP contribution in [0.15, 0.2) is 58.4 Å². The summed E-state index contributed by atoms with van der Waals surface area (Å²) >= 11 is 0. The Morgan fingerprint density at radius 3 is 2.44 bits per heavy atom. The van der Waals surface area contributed by atoms with E-state index in [1.165, 1.54) is 60.9 Å². The highest BCUT2D eigenvalue weighted by Gasteiger charge is 2.23. The third-order valence-electron chi connectivity index (χ3n) is 7.29. The molecular weight excluding hydrogens is 416 g/mol. The second kappa shape index (κ2) is 16.5. The van der Waals surface area contributed by atoms with Gasteiger partial charge in [-0.05, 0) is 77.3 Å². The van der Waals surface area contributed by atoms with E-state index >= 15 is 0 Å². The van der Waals surface area contributed by atoms with E-state index in [0.717, 1.165) is 49.7 Å². The van der Waals surface area contributed by atoms with Gasteiger partial charge < -0.3 is 11.1 Å². The fraction of sp³-hybridized carbons (Fsp3) is 0.633. The quantitative estimate of drug-likeness (QED) is 0.227. The van der Waals surface area contributed by atoms with Gasteiger partial charge in [0.1, 0.15) is 6.07 Å². The minimum Gasteiger partial charge on any atom is -0.391 e. The average molecular weight is 467 g/mol. The molecule has 2 aliphatic rings. The van der Waals surface area contributed by atoms with Crippen molar-refractivity contribution in [2.24, 2.45) is 17.6 Å². The maximum atomic E-state index is 9.43. The van der Waals surface area contributed by atoms with Gasteiger partial charge in [-0.2, -0.15) is 5.26 Å². The molecule has 0 aromatic carbocycles. The van der Waals surface area contributed by atoms with Gasteiger partial charge in [-0.3, -0.25) is 4.90 Å². The Kier molecular flexibility index (Phi) is 14.6. The molecule has 0 radical (unpaired) electrons. The summed E-state index contributed by atoms with van der Waals surface area (Å²) in [5.74, 6) is 1.38. The van der Waals surface area contributed by atoms with E-state index in [-0.39, 0.29) is 0 Å². The van der Waals surface area contributed by atoms with Crippen molar-refractivity contribution in [1.82, 2.24) is 10.2 Å². The van der Waals surface area contributed by atoms with Crippen LogP contribution in [0.5, 0.6) is 0 Å². The molecule has 4 heteroatoms. The van der Waals surface area contributed by atoms with Crippen molar-refractivity contribution in [2.45, 2.75) is 79.6 Å². The molecule has 34 heavy (non-hydrogen) atoms. The molecule has 1 atom stereocenters. The van der Waals surface area contributed by atoms with Crippen LogP contribution in [-0.2, 0) is 0 Å². The zero-order valence-electron chi connectivity index (χ0n) is 22.8. The zero-order chi connectivity index (χ0) is 25.5. The van der Waals surface area contributed by atoms with E-state index in [1.54, 1.807) is 0 Å². The Morgan fingerprint density at radius 2 is 1.91 bits per heavy atom. The smallest absolute Gasteiger partial charge is 0.101 e. The van der Waals surface area contributed by atoms with Gasteiger partial charge in [0.15, 0.2) is 0 Å². The van der Waals surface area contributed by atoms with Crippen LogP contribution in [0.3, 0.4) is 0 Å². The van der Waals surface area contributed by atoms with Crippen molar-refractivity contribution in [2.75, 3.05) is 33.2 Å². The Bertz CT molecular complexity index is 800. The van der Waals surface area contributed by atoms with Gasteiger partial charge in [0.05, 0.1) is 5.57 Å². The summed E-state index contributed by atoms with van der Waals surface area (Å²) in [6, 6.07) is 2.39. The van der Waals surface area contributed by atoms with Crippen molar-refractivity contribution in [3.05, 3.63) is 58.4 Å². The van der Waals surface area contributed by atoms with E-state index in [4.69, 9.17) is 5.73 Å². The first-order valence-corrected chi connectivity index (χ1v) is 13.1. The molecule has 1 fully saturated rings. The van der Waals surface area contributed by atoms with Crippen LogP contribution in [0.2, 0.25) is 0 Å². The fourth-order valence-corrected chi connectivity index (χ4v) is 4.64. The normalized spacial score (nSPS) is 20.1. The van der Waals surface area contributed by atoms with Gasteiger partial charge in [0.2, 0.25) is 0 Å². The molecule has 0 bridgehead atoms. The first kappa shape index (κ1) is 29.9. The summed E-state index contributed by atoms with van der Waals surface area (Å²) in [5, 5.41) is 12.5.